The Labute approximate surface area is 157 Å². The number of hydrogen-bond acceptors (Lipinski definition) is 3. The Hall–Kier alpha value is -3.40. The Morgan fingerprint density at radius 2 is 1.52 bits per heavy atom. The molecule has 5 aromatic rings. The third kappa shape index (κ3) is 2.53. The van der Waals surface area contributed by atoms with Gasteiger partial charge in [-0.3, -0.25) is 0 Å². The zero-order valence-electron chi connectivity index (χ0n) is 15.3. The lowest BCUT2D eigenvalue weighted by Crippen LogP contribution is -1.92. The van der Waals surface area contributed by atoms with Crippen LogP contribution in [0.3, 0.4) is 0 Å². The fraction of sp³-hybridized carbons (Fsp3) is 0.130. The number of hydrogen-bond donors (Lipinski definition) is 0. The topological polar surface area (TPSA) is 43.9 Å². The second-order valence-corrected chi connectivity index (χ2v) is 6.78. The second kappa shape index (κ2) is 6.09. The van der Waals surface area contributed by atoms with Crippen LogP contribution in [0.15, 0.2) is 71.1 Å². The van der Waals surface area contributed by atoms with E-state index in [1.165, 1.54) is 27.4 Å². The summed E-state index contributed by atoms with van der Waals surface area (Å²) in [4.78, 5) is 0. The molecular formula is C23H19N3O. The van der Waals surface area contributed by atoms with Gasteiger partial charge in [0.25, 0.3) is 0 Å². The van der Waals surface area contributed by atoms with Gasteiger partial charge in [-0.15, -0.1) is 10.2 Å². The Balaban J connectivity index is 1.65. The van der Waals surface area contributed by atoms with E-state index >= 15 is 0 Å². The summed E-state index contributed by atoms with van der Waals surface area (Å²) in [5, 5.41) is 11.0. The maximum absolute atomic E-state index is 5.98. The molecule has 0 saturated heterocycles. The van der Waals surface area contributed by atoms with Crippen LogP contribution in [0.25, 0.3) is 44.7 Å². The molecule has 3 aromatic carbocycles. The molecule has 5 rings (SSSR count). The van der Waals surface area contributed by atoms with E-state index < -0.39 is 0 Å². The molecule has 4 heteroatoms. The molecule has 2 aromatic heterocycles. The fourth-order valence-corrected chi connectivity index (χ4v) is 3.76. The lowest BCUT2D eigenvalue weighted by molar-refractivity contribution is 0.584. The molecule has 0 aliphatic heterocycles. The van der Waals surface area contributed by atoms with Crippen LogP contribution in [0.4, 0.5) is 0 Å². The number of fused-ring (bicyclic) bond motifs is 3. The van der Waals surface area contributed by atoms with Gasteiger partial charge in [0.2, 0.25) is 11.8 Å². The van der Waals surface area contributed by atoms with Gasteiger partial charge >= 0.3 is 0 Å². The Morgan fingerprint density at radius 3 is 2.30 bits per heavy atom. The summed E-state index contributed by atoms with van der Waals surface area (Å²) in [6, 6.07) is 22.9. The van der Waals surface area contributed by atoms with Crippen LogP contribution in [0.2, 0.25) is 0 Å². The van der Waals surface area contributed by atoms with E-state index in [2.05, 4.69) is 83.2 Å². The lowest BCUT2D eigenvalue weighted by atomic mass is 10.1. The molecule has 0 saturated carbocycles. The van der Waals surface area contributed by atoms with Crippen molar-refractivity contribution in [3.8, 4) is 22.9 Å². The van der Waals surface area contributed by atoms with Crippen LogP contribution in [-0.2, 0) is 6.54 Å². The molecule has 132 valence electrons. The van der Waals surface area contributed by atoms with E-state index in [0.717, 1.165) is 17.7 Å². The lowest BCUT2D eigenvalue weighted by Gasteiger charge is -2.02. The molecule has 0 bridgehead atoms. The molecule has 2 heterocycles. The van der Waals surface area contributed by atoms with E-state index in [0.29, 0.717) is 11.8 Å². The van der Waals surface area contributed by atoms with E-state index in [1.807, 2.05) is 12.1 Å². The number of rotatable bonds is 3. The van der Waals surface area contributed by atoms with Gasteiger partial charge in [-0.25, -0.2) is 0 Å². The highest BCUT2D eigenvalue weighted by Gasteiger charge is 2.14. The molecule has 4 nitrogen and oxygen atoms in total. The van der Waals surface area contributed by atoms with Crippen LogP contribution in [0, 0.1) is 6.92 Å². The average Bonchev–Trinajstić information content (AvgIpc) is 3.31. The van der Waals surface area contributed by atoms with Crippen molar-refractivity contribution in [2.45, 2.75) is 20.4 Å². The van der Waals surface area contributed by atoms with E-state index in [1.54, 1.807) is 0 Å². The maximum atomic E-state index is 5.98. The molecule has 27 heavy (non-hydrogen) atoms. The van der Waals surface area contributed by atoms with Gasteiger partial charge in [0.1, 0.15) is 0 Å². The standard InChI is InChI=1S/C23H19N3O/c1-3-26-20-10-5-4-9-18(20)19-14-17(11-12-21(19)26)23-25-24-22(27-23)16-8-6-7-15(2)13-16/h4-14H,3H2,1-2H3. The van der Waals surface area contributed by atoms with E-state index in [4.69, 9.17) is 4.42 Å². The van der Waals surface area contributed by atoms with Crippen LogP contribution in [-0.4, -0.2) is 14.8 Å². The minimum Gasteiger partial charge on any atom is -0.416 e. The summed E-state index contributed by atoms with van der Waals surface area (Å²) < 4.78 is 8.31. The van der Waals surface area contributed by atoms with Crippen molar-refractivity contribution in [2.24, 2.45) is 0 Å². The van der Waals surface area contributed by atoms with Gasteiger partial charge in [0, 0.05) is 39.5 Å². The first-order valence-electron chi connectivity index (χ1n) is 9.16. The number of aryl methyl sites for hydroxylation is 2. The van der Waals surface area contributed by atoms with Crippen molar-refractivity contribution in [1.29, 1.82) is 0 Å². The number of benzene rings is 3. The van der Waals surface area contributed by atoms with Crippen molar-refractivity contribution < 1.29 is 4.42 Å². The van der Waals surface area contributed by atoms with Gasteiger partial charge in [-0.1, -0.05) is 35.9 Å². The van der Waals surface area contributed by atoms with Gasteiger partial charge in [-0.2, -0.15) is 0 Å². The molecule has 0 aliphatic rings. The zero-order valence-corrected chi connectivity index (χ0v) is 15.3. The summed E-state index contributed by atoms with van der Waals surface area (Å²) in [5.41, 5.74) is 5.52. The second-order valence-electron chi connectivity index (χ2n) is 6.78. The first kappa shape index (κ1) is 15.8. The van der Waals surface area contributed by atoms with E-state index in [-0.39, 0.29) is 0 Å². The smallest absolute Gasteiger partial charge is 0.248 e. The first-order chi connectivity index (χ1) is 13.2. The predicted octanol–water partition coefficient (Wildman–Crippen LogP) is 5.84. The van der Waals surface area contributed by atoms with Crippen LogP contribution >= 0.6 is 0 Å². The van der Waals surface area contributed by atoms with Crippen LogP contribution < -0.4 is 0 Å². The van der Waals surface area contributed by atoms with Gasteiger partial charge < -0.3 is 8.98 Å². The highest BCUT2D eigenvalue weighted by Crippen LogP contribution is 2.33. The highest BCUT2D eigenvalue weighted by molar-refractivity contribution is 6.09. The molecular weight excluding hydrogens is 334 g/mol. The minimum absolute atomic E-state index is 0.543. The van der Waals surface area contributed by atoms with Crippen molar-refractivity contribution >= 4 is 21.8 Å². The molecule has 0 amide bonds. The van der Waals surface area contributed by atoms with Crippen LogP contribution in [0.1, 0.15) is 12.5 Å². The summed E-state index contributed by atoms with van der Waals surface area (Å²) >= 11 is 0. The summed E-state index contributed by atoms with van der Waals surface area (Å²) in [7, 11) is 0. The molecule has 0 spiro atoms. The molecule has 0 radical (unpaired) electrons. The maximum Gasteiger partial charge on any atom is 0.248 e. The normalized spacial score (nSPS) is 11.5. The number of para-hydroxylation sites is 1. The third-order valence-corrected chi connectivity index (χ3v) is 5.03. The fourth-order valence-electron chi connectivity index (χ4n) is 3.76. The molecule has 0 atom stereocenters. The highest BCUT2D eigenvalue weighted by atomic mass is 16.4. The largest absolute Gasteiger partial charge is 0.416 e. The first-order valence-corrected chi connectivity index (χ1v) is 9.16. The Morgan fingerprint density at radius 1 is 0.778 bits per heavy atom. The van der Waals surface area contributed by atoms with E-state index in [9.17, 15) is 0 Å². The quantitative estimate of drug-likeness (QED) is 0.409. The van der Waals surface area contributed by atoms with Crippen LogP contribution in [0.5, 0.6) is 0 Å². The molecule has 0 N–H and O–H groups in total. The molecule has 0 unspecified atom stereocenters. The third-order valence-electron chi connectivity index (χ3n) is 5.03. The Bertz CT molecular complexity index is 1280. The van der Waals surface area contributed by atoms with Gasteiger partial charge in [-0.05, 0) is 50.2 Å². The zero-order chi connectivity index (χ0) is 18.4. The van der Waals surface area contributed by atoms with Crippen molar-refractivity contribution in [1.82, 2.24) is 14.8 Å². The monoisotopic (exact) mass is 353 g/mol. The average molecular weight is 353 g/mol. The van der Waals surface area contributed by atoms with Crippen molar-refractivity contribution in [3.05, 3.63) is 72.3 Å². The van der Waals surface area contributed by atoms with Gasteiger partial charge in [0.05, 0.1) is 0 Å². The van der Waals surface area contributed by atoms with Crippen molar-refractivity contribution in [3.63, 3.8) is 0 Å². The summed E-state index contributed by atoms with van der Waals surface area (Å²) in [6.45, 7) is 5.16. The van der Waals surface area contributed by atoms with Crippen molar-refractivity contribution in [2.75, 3.05) is 0 Å². The number of aromatic nitrogens is 3. The van der Waals surface area contributed by atoms with Gasteiger partial charge in [0.15, 0.2) is 0 Å². The Kier molecular flexibility index (Phi) is 3.57. The molecule has 0 fully saturated rings. The minimum atomic E-state index is 0.543. The predicted molar refractivity (Wildman–Crippen MR) is 109 cm³/mol. The summed E-state index contributed by atoms with van der Waals surface area (Å²) in [6.07, 6.45) is 0. The molecule has 0 aliphatic carbocycles. The SMILES string of the molecule is CCn1c2ccccc2c2cc(-c3nnc(-c4cccc(C)c4)o3)ccc21. The summed E-state index contributed by atoms with van der Waals surface area (Å²) in [5.74, 6) is 1.09. The number of nitrogens with zero attached hydrogens (tertiary/aromatic N) is 3.